The number of carbonyl (C=O) groups is 1. The third-order valence-electron chi connectivity index (χ3n) is 9.09. The standard InChI is InChI=1S/C36H42ClN5O3/c1-2-32(27-8-4-3-5-9-27)38-35(43)34-30-10-6-7-11-31(30)36(44)42(29-14-12-28(37)13-15-29)33(34)26-41-20-18-39(19-21-41)16-17-40-22-24-45-25-23-40/h3-15,32H,2,16-26H2,1H3,(H,38,43)/t32-/m0/s1. The molecule has 45 heavy (non-hydrogen) atoms. The van der Waals surface area contributed by atoms with Crippen LogP contribution >= 0.6 is 11.6 Å². The predicted octanol–water partition coefficient (Wildman–Crippen LogP) is 4.98. The molecule has 1 N–H and O–H groups in total. The number of rotatable bonds is 10. The summed E-state index contributed by atoms with van der Waals surface area (Å²) in [6, 6.07) is 24.6. The summed E-state index contributed by atoms with van der Waals surface area (Å²) in [6.45, 7) is 11.8. The van der Waals surface area contributed by atoms with E-state index in [1.54, 1.807) is 16.7 Å². The summed E-state index contributed by atoms with van der Waals surface area (Å²) in [7, 11) is 0. The van der Waals surface area contributed by atoms with Crippen LogP contribution in [0.5, 0.6) is 0 Å². The van der Waals surface area contributed by atoms with Gasteiger partial charge in [-0.3, -0.25) is 28.9 Å². The summed E-state index contributed by atoms with van der Waals surface area (Å²) in [5.74, 6) is -0.177. The van der Waals surface area contributed by atoms with Gasteiger partial charge >= 0.3 is 0 Å². The Kier molecular flexibility index (Phi) is 10.3. The first-order valence-electron chi connectivity index (χ1n) is 16.0. The molecule has 9 heteroatoms. The number of nitrogens with one attached hydrogen (secondary N) is 1. The van der Waals surface area contributed by atoms with E-state index in [0.717, 1.165) is 77.6 Å². The lowest BCUT2D eigenvalue weighted by molar-refractivity contribution is 0.0296. The van der Waals surface area contributed by atoms with Crippen molar-refractivity contribution in [2.24, 2.45) is 0 Å². The van der Waals surface area contributed by atoms with Crippen LogP contribution in [0.25, 0.3) is 16.5 Å². The zero-order chi connectivity index (χ0) is 31.2. The molecule has 0 aliphatic carbocycles. The van der Waals surface area contributed by atoms with Crippen LogP contribution < -0.4 is 10.9 Å². The van der Waals surface area contributed by atoms with Gasteiger partial charge in [0, 0.05) is 80.4 Å². The van der Waals surface area contributed by atoms with Gasteiger partial charge in [-0.15, -0.1) is 0 Å². The number of nitrogens with zero attached hydrogens (tertiary/aromatic N) is 4. The van der Waals surface area contributed by atoms with Crippen molar-refractivity contribution < 1.29 is 9.53 Å². The predicted molar refractivity (Wildman–Crippen MR) is 180 cm³/mol. The third kappa shape index (κ3) is 7.32. The van der Waals surface area contributed by atoms with Gasteiger partial charge in [-0.05, 0) is 42.3 Å². The molecule has 0 radical (unpaired) electrons. The topological polar surface area (TPSA) is 70.1 Å². The van der Waals surface area contributed by atoms with Crippen molar-refractivity contribution in [1.82, 2.24) is 24.6 Å². The van der Waals surface area contributed by atoms with Crippen LogP contribution in [-0.2, 0) is 11.3 Å². The van der Waals surface area contributed by atoms with Crippen molar-refractivity contribution in [3.8, 4) is 5.69 Å². The lowest BCUT2D eigenvalue weighted by Crippen LogP contribution is -2.49. The Balaban J connectivity index is 1.34. The molecule has 2 aliphatic rings. The molecule has 0 saturated carbocycles. The Morgan fingerprint density at radius 1 is 0.800 bits per heavy atom. The molecule has 1 amide bonds. The third-order valence-corrected chi connectivity index (χ3v) is 9.34. The number of pyridine rings is 1. The zero-order valence-electron chi connectivity index (χ0n) is 26.0. The lowest BCUT2D eigenvalue weighted by Gasteiger charge is -2.37. The van der Waals surface area contributed by atoms with Gasteiger partial charge in [-0.2, -0.15) is 0 Å². The van der Waals surface area contributed by atoms with Crippen molar-refractivity contribution in [3.05, 3.63) is 111 Å². The van der Waals surface area contributed by atoms with Crippen LogP contribution in [-0.4, -0.2) is 90.7 Å². The Hall–Kier alpha value is -3.53. The molecule has 8 nitrogen and oxygen atoms in total. The molecular formula is C36H42ClN5O3. The number of hydrogen-bond donors (Lipinski definition) is 1. The van der Waals surface area contributed by atoms with Gasteiger partial charge < -0.3 is 10.1 Å². The van der Waals surface area contributed by atoms with Gasteiger partial charge in [0.05, 0.1) is 30.5 Å². The number of carbonyl (C=O) groups excluding carboxylic acids is 1. The van der Waals surface area contributed by atoms with E-state index in [2.05, 4.69) is 26.9 Å². The van der Waals surface area contributed by atoms with Gasteiger partial charge in [0.2, 0.25) is 0 Å². The fourth-order valence-corrected chi connectivity index (χ4v) is 6.62. The minimum absolute atomic E-state index is 0.140. The van der Waals surface area contributed by atoms with Crippen LogP contribution in [0.4, 0.5) is 0 Å². The molecule has 2 aliphatic heterocycles. The number of hydrogen-bond acceptors (Lipinski definition) is 6. The van der Waals surface area contributed by atoms with Gasteiger partial charge in [0.1, 0.15) is 0 Å². The van der Waals surface area contributed by atoms with E-state index < -0.39 is 0 Å². The highest BCUT2D eigenvalue weighted by molar-refractivity contribution is 6.30. The molecule has 0 spiro atoms. The molecule has 4 aromatic rings. The normalized spacial score (nSPS) is 17.4. The highest BCUT2D eigenvalue weighted by atomic mass is 35.5. The summed E-state index contributed by atoms with van der Waals surface area (Å²) in [6.07, 6.45) is 0.742. The first kappa shape index (κ1) is 31.5. The monoisotopic (exact) mass is 627 g/mol. The van der Waals surface area contributed by atoms with Crippen molar-refractivity contribution in [2.75, 3.05) is 65.6 Å². The molecule has 236 valence electrons. The Labute approximate surface area is 270 Å². The summed E-state index contributed by atoms with van der Waals surface area (Å²) in [5.41, 5.74) is 2.85. The van der Waals surface area contributed by atoms with E-state index in [0.29, 0.717) is 39.3 Å². The van der Waals surface area contributed by atoms with E-state index >= 15 is 0 Å². The average molecular weight is 628 g/mol. The van der Waals surface area contributed by atoms with E-state index in [4.69, 9.17) is 16.3 Å². The number of amides is 1. The summed E-state index contributed by atoms with van der Waals surface area (Å²) < 4.78 is 7.22. The van der Waals surface area contributed by atoms with Crippen molar-refractivity contribution in [2.45, 2.75) is 25.9 Å². The second kappa shape index (κ2) is 14.7. The molecule has 2 fully saturated rings. The van der Waals surface area contributed by atoms with Crippen LogP contribution in [0.1, 0.15) is 41.0 Å². The number of ether oxygens (including phenoxy) is 1. The zero-order valence-corrected chi connectivity index (χ0v) is 26.7. The van der Waals surface area contributed by atoms with E-state index in [1.807, 2.05) is 66.7 Å². The van der Waals surface area contributed by atoms with Crippen LogP contribution in [0.15, 0.2) is 83.7 Å². The largest absolute Gasteiger partial charge is 0.379 e. The number of fused-ring (bicyclic) bond motifs is 1. The smallest absolute Gasteiger partial charge is 0.263 e. The first-order valence-corrected chi connectivity index (χ1v) is 16.4. The quantitative estimate of drug-likeness (QED) is 0.268. The highest BCUT2D eigenvalue weighted by Crippen LogP contribution is 2.27. The van der Waals surface area contributed by atoms with Crippen molar-refractivity contribution >= 4 is 28.3 Å². The Morgan fingerprint density at radius 3 is 2.07 bits per heavy atom. The molecule has 3 heterocycles. The van der Waals surface area contributed by atoms with Crippen molar-refractivity contribution in [1.29, 1.82) is 0 Å². The summed E-state index contributed by atoms with van der Waals surface area (Å²) in [4.78, 5) is 36.0. The maximum absolute atomic E-state index is 14.4. The minimum atomic E-state index is -0.177. The van der Waals surface area contributed by atoms with Gasteiger partial charge in [0.25, 0.3) is 11.5 Å². The second-order valence-electron chi connectivity index (χ2n) is 11.9. The number of halogens is 1. The van der Waals surface area contributed by atoms with E-state index in [1.165, 1.54) is 0 Å². The lowest BCUT2D eigenvalue weighted by atomic mass is 9.99. The highest BCUT2D eigenvalue weighted by Gasteiger charge is 2.27. The molecule has 1 atom stereocenters. The number of piperazine rings is 1. The van der Waals surface area contributed by atoms with Crippen molar-refractivity contribution in [3.63, 3.8) is 0 Å². The van der Waals surface area contributed by atoms with Gasteiger partial charge in [-0.25, -0.2) is 0 Å². The number of aromatic nitrogens is 1. The summed E-state index contributed by atoms with van der Waals surface area (Å²) >= 11 is 6.26. The second-order valence-corrected chi connectivity index (χ2v) is 12.3. The molecular weight excluding hydrogens is 586 g/mol. The summed E-state index contributed by atoms with van der Waals surface area (Å²) in [5, 5.41) is 5.10. The molecule has 6 rings (SSSR count). The molecule has 0 unspecified atom stereocenters. The number of morpholine rings is 1. The first-order chi connectivity index (χ1) is 22.0. The van der Waals surface area contributed by atoms with Crippen LogP contribution in [0.3, 0.4) is 0 Å². The van der Waals surface area contributed by atoms with Crippen LogP contribution in [0.2, 0.25) is 5.02 Å². The van der Waals surface area contributed by atoms with Crippen LogP contribution in [0, 0.1) is 0 Å². The van der Waals surface area contributed by atoms with Gasteiger partial charge in [0.15, 0.2) is 0 Å². The Morgan fingerprint density at radius 2 is 1.40 bits per heavy atom. The fourth-order valence-electron chi connectivity index (χ4n) is 6.49. The van der Waals surface area contributed by atoms with E-state index in [9.17, 15) is 9.59 Å². The molecule has 1 aromatic heterocycles. The maximum Gasteiger partial charge on any atom is 0.263 e. The molecule has 3 aromatic carbocycles. The molecule has 0 bridgehead atoms. The van der Waals surface area contributed by atoms with E-state index in [-0.39, 0.29) is 17.5 Å². The fraction of sp³-hybridized carbons (Fsp3) is 0.389. The number of benzene rings is 3. The van der Waals surface area contributed by atoms with Gasteiger partial charge in [-0.1, -0.05) is 67.1 Å². The minimum Gasteiger partial charge on any atom is -0.379 e. The average Bonchev–Trinajstić information content (AvgIpc) is 3.08. The Bertz CT molecular complexity index is 1650. The SMILES string of the molecule is CC[C@H](NC(=O)c1c(CN2CCN(CCN3CCOCC3)CC2)n(-c2ccc(Cl)cc2)c(=O)c2ccccc12)c1ccccc1. The molecule has 2 saturated heterocycles. The maximum atomic E-state index is 14.4.